The maximum Gasteiger partial charge on any atom is 0.434 e. The molecule has 11 nitrogen and oxygen atoms in total. The van der Waals surface area contributed by atoms with Crippen molar-refractivity contribution in [3.63, 3.8) is 0 Å². The summed E-state index contributed by atoms with van der Waals surface area (Å²) in [4.78, 5) is 46.6. The number of nitrogens with zero attached hydrogens (tertiary/aromatic N) is 5. The Morgan fingerprint density at radius 3 is 2.18 bits per heavy atom. The summed E-state index contributed by atoms with van der Waals surface area (Å²) < 4.78 is 25.1. The van der Waals surface area contributed by atoms with Crippen LogP contribution in [0.5, 0.6) is 0 Å². The molecule has 0 saturated carbocycles. The van der Waals surface area contributed by atoms with Gasteiger partial charge in [-0.25, -0.2) is 13.2 Å². The van der Waals surface area contributed by atoms with E-state index in [0.29, 0.717) is 69.0 Å². The van der Waals surface area contributed by atoms with E-state index < -0.39 is 27.9 Å². The Balaban J connectivity index is 1.34. The first-order valence-corrected chi connectivity index (χ1v) is 13.4. The van der Waals surface area contributed by atoms with Gasteiger partial charge in [0.15, 0.2) is 0 Å². The first-order chi connectivity index (χ1) is 16.1. The van der Waals surface area contributed by atoms with Gasteiger partial charge >= 0.3 is 6.09 Å². The highest BCUT2D eigenvalue weighted by Gasteiger charge is 2.35. The van der Waals surface area contributed by atoms with Crippen LogP contribution in [0.4, 0.5) is 10.5 Å². The van der Waals surface area contributed by atoms with Gasteiger partial charge < -0.3 is 14.6 Å². The van der Waals surface area contributed by atoms with E-state index in [2.05, 4.69) is 9.80 Å². The van der Waals surface area contributed by atoms with E-state index in [0.717, 1.165) is 11.3 Å². The third-order valence-electron chi connectivity index (χ3n) is 6.30. The van der Waals surface area contributed by atoms with Gasteiger partial charge in [0.1, 0.15) is 0 Å². The van der Waals surface area contributed by atoms with Crippen LogP contribution in [-0.2, 0) is 31.0 Å². The van der Waals surface area contributed by atoms with Gasteiger partial charge in [-0.15, -0.1) is 5.06 Å². The number of hydrogen-bond acceptors (Lipinski definition) is 8. The maximum absolute atomic E-state index is 12.4. The standard InChI is InChI=1S/C21H28ClN5O6S/c1-34(31,32)26-12-10-24(11-13-26)18-14-17(22)3-2-16(18)15-23-6-8-25(9-7-23)21(30)33-27-19(28)4-5-20(27)29/h2-3,14H,4-13,15H2,1H3. The Kier molecular flexibility index (Phi) is 7.31. The van der Waals surface area contributed by atoms with Crippen molar-refractivity contribution >= 4 is 45.2 Å². The lowest BCUT2D eigenvalue weighted by atomic mass is 10.1. The summed E-state index contributed by atoms with van der Waals surface area (Å²) in [6.07, 6.45) is 0.655. The fraction of sp³-hybridized carbons (Fsp3) is 0.571. The lowest BCUT2D eigenvalue weighted by Crippen LogP contribution is -2.50. The van der Waals surface area contributed by atoms with Crippen molar-refractivity contribution in [1.82, 2.24) is 19.2 Å². The Bertz CT molecular complexity index is 1050. The van der Waals surface area contributed by atoms with Crippen LogP contribution in [0.2, 0.25) is 5.02 Å². The SMILES string of the molecule is CS(=O)(=O)N1CCN(c2cc(Cl)ccc2CN2CCN(C(=O)ON3C(=O)CCC3=O)CC2)CC1. The molecule has 34 heavy (non-hydrogen) atoms. The van der Waals surface area contributed by atoms with Crippen molar-refractivity contribution in [2.45, 2.75) is 19.4 Å². The predicted molar refractivity (Wildman–Crippen MR) is 124 cm³/mol. The van der Waals surface area contributed by atoms with Crippen LogP contribution < -0.4 is 4.90 Å². The van der Waals surface area contributed by atoms with Gasteiger partial charge in [0, 0.05) is 82.5 Å². The lowest BCUT2D eigenvalue weighted by Gasteiger charge is -2.37. The second-order valence-electron chi connectivity index (χ2n) is 8.62. The Morgan fingerprint density at radius 1 is 0.971 bits per heavy atom. The van der Waals surface area contributed by atoms with Crippen molar-refractivity contribution in [2.24, 2.45) is 0 Å². The molecule has 0 N–H and O–H groups in total. The zero-order chi connectivity index (χ0) is 24.5. The highest BCUT2D eigenvalue weighted by molar-refractivity contribution is 7.88. The molecule has 0 unspecified atom stereocenters. The maximum atomic E-state index is 12.4. The van der Waals surface area contributed by atoms with Crippen LogP contribution in [0, 0.1) is 0 Å². The molecule has 0 atom stereocenters. The molecule has 0 radical (unpaired) electrons. The molecular weight excluding hydrogens is 486 g/mol. The molecule has 3 aliphatic heterocycles. The topological polar surface area (TPSA) is 111 Å². The second kappa shape index (κ2) is 10.1. The molecule has 3 heterocycles. The molecular formula is C21H28ClN5O6S. The molecule has 3 amide bonds. The van der Waals surface area contributed by atoms with Crippen LogP contribution in [0.15, 0.2) is 18.2 Å². The fourth-order valence-corrected chi connectivity index (χ4v) is 5.34. The molecule has 0 aliphatic carbocycles. The monoisotopic (exact) mass is 513 g/mol. The smallest absolute Gasteiger partial charge is 0.369 e. The van der Waals surface area contributed by atoms with E-state index in [4.69, 9.17) is 16.4 Å². The molecule has 13 heteroatoms. The Hall–Kier alpha value is -2.41. The van der Waals surface area contributed by atoms with Crippen LogP contribution in [0.25, 0.3) is 0 Å². The zero-order valence-corrected chi connectivity index (χ0v) is 20.6. The minimum Gasteiger partial charge on any atom is -0.369 e. The summed E-state index contributed by atoms with van der Waals surface area (Å²) in [7, 11) is -3.21. The summed E-state index contributed by atoms with van der Waals surface area (Å²) in [5.41, 5.74) is 2.05. The summed E-state index contributed by atoms with van der Waals surface area (Å²) in [5, 5.41) is 1.18. The minimum absolute atomic E-state index is 0.0621. The fourth-order valence-electron chi connectivity index (χ4n) is 4.35. The number of hydroxylamine groups is 2. The number of rotatable bonds is 5. The average molecular weight is 514 g/mol. The van der Waals surface area contributed by atoms with E-state index in [1.165, 1.54) is 15.5 Å². The van der Waals surface area contributed by atoms with Crippen molar-refractivity contribution < 1.29 is 27.6 Å². The van der Waals surface area contributed by atoms with Crippen molar-refractivity contribution in [3.05, 3.63) is 28.8 Å². The summed E-state index contributed by atoms with van der Waals surface area (Å²) >= 11 is 6.27. The highest BCUT2D eigenvalue weighted by Crippen LogP contribution is 2.28. The number of imide groups is 1. The average Bonchev–Trinajstić information content (AvgIpc) is 3.12. The van der Waals surface area contributed by atoms with E-state index in [-0.39, 0.29) is 12.8 Å². The van der Waals surface area contributed by atoms with Gasteiger partial charge in [-0.1, -0.05) is 17.7 Å². The van der Waals surface area contributed by atoms with Crippen LogP contribution in [0.1, 0.15) is 18.4 Å². The number of sulfonamides is 1. The van der Waals surface area contributed by atoms with Crippen LogP contribution >= 0.6 is 11.6 Å². The highest BCUT2D eigenvalue weighted by atomic mass is 35.5. The minimum atomic E-state index is -3.21. The molecule has 3 saturated heterocycles. The number of anilines is 1. The van der Waals surface area contributed by atoms with Crippen LogP contribution in [-0.4, -0.2) is 104 Å². The van der Waals surface area contributed by atoms with Crippen molar-refractivity contribution in [2.75, 3.05) is 63.5 Å². The lowest BCUT2D eigenvalue weighted by molar-refractivity contribution is -0.174. The third kappa shape index (κ3) is 5.62. The summed E-state index contributed by atoms with van der Waals surface area (Å²) in [5.74, 6) is -0.991. The first kappa shape index (κ1) is 24.7. The molecule has 1 aromatic carbocycles. The van der Waals surface area contributed by atoms with E-state index in [9.17, 15) is 22.8 Å². The number of carbonyl (C=O) groups is 3. The number of benzene rings is 1. The van der Waals surface area contributed by atoms with Gasteiger partial charge in [0.2, 0.25) is 10.0 Å². The predicted octanol–water partition coefficient (Wildman–Crippen LogP) is 0.740. The number of piperazine rings is 2. The molecule has 186 valence electrons. The summed E-state index contributed by atoms with van der Waals surface area (Å²) in [6, 6.07) is 5.72. The number of halogens is 1. The Morgan fingerprint density at radius 2 is 1.59 bits per heavy atom. The van der Waals surface area contributed by atoms with Gasteiger partial charge in [0.05, 0.1) is 6.26 Å². The second-order valence-corrected chi connectivity index (χ2v) is 11.0. The molecule has 0 bridgehead atoms. The summed E-state index contributed by atoms with van der Waals surface area (Å²) in [6.45, 7) is 4.66. The zero-order valence-electron chi connectivity index (χ0n) is 19.0. The molecule has 0 spiro atoms. The van der Waals surface area contributed by atoms with Crippen molar-refractivity contribution in [3.8, 4) is 0 Å². The largest absolute Gasteiger partial charge is 0.434 e. The van der Waals surface area contributed by atoms with E-state index >= 15 is 0 Å². The molecule has 4 rings (SSSR count). The van der Waals surface area contributed by atoms with Gasteiger partial charge in [-0.2, -0.15) is 4.31 Å². The molecule has 3 fully saturated rings. The van der Waals surface area contributed by atoms with E-state index in [1.807, 2.05) is 18.2 Å². The van der Waals surface area contributed by atoms with Gasteiger partial charge in [-0.3, -0.25) is 14.5 Å². The number of amides is 3. The van der Waals surface area contributed by atoms with Gasteiger partial charge in [0.25, 0.3) is 11.8 Å². The molecule has 0 aromatic heterocycles. The van der Waals surface area contributed by atoms with Gasteiger partial charge in [-0.05, 0) is 17.7 Å². The number of hydrogen-bond donors (Lipinski definition) is 0. The molecule has 3 aliphatic rings. The Labute approximate surface area is 203 Å². The van der Waals surface area contributed by atoms with Crippen LogP contribution in [0.3, 0.4) is 0 Å². The normalized spacial score (nSPS) is 20.8. The first-order valence-electron chi connectivity index (χ1n) is 11.2. The number of carbonyl (C=O) groups excluding carboxylic acids is 3. The van der Waals surface area contributed by atoms with Crippen molar-refractivity contribution in [1.29, 1.82) is 0 Å². The quantitative estimate of drug-likeness (QED) is 0.530. The third-order valence-corrected chi connectivity index (χ3v) is 7.83. The van der Waals surface area contributed by atoms with E-state index in [1.54, 1.807) is 0 Å². The molecule has 1 aromatic rings.